The quantitative estimate of drug-likeness (QED) is 0.914. The third kappa shape index (κ3) is 4.00. The number of piperazine rings is 1. The first-order valence-electron chi connectivity index (χ1n) is 7.96. The molecule has 0 bridgehead atoms. The summed E-state index contributed by atoms with van der Waals surface area (Å²) in [6.45, 7) is 4.40. The summed E-state index contributed by atoms with van der Waals surface area (Å²) in [4.78, 5) is 8.99. The van der Waals surface area contributed by atoms with Gasteiger partial charge in [-0.3, -0.25) is 4.90 Å². The van der Waals surface area contributed by atoms with Gasteiger partial charge in [0.25, 0.3) is 0 Å². The minimum absolute atomic E-state index is 0.470. The topological polar surface area (TPSA) is 48.8 Å². The third-order valence-electron chi connectivity index (χ3n) is 4.28. The van der Waals surface area contributed by atoms with E-state index in [2.05, 4.69) is 14.8 Å². The number of pyridine rings is 1. The van der Waals surface area contributed by atoms with Crippen molar-refractivity contribution in [2.24, 2.45) is 0 Å². The molecule has 23 heavy (non-hydrogen) atoms. The zero-order valence-electron chi connectivity index (χ0n) is 13.4. The molecule has 0 radical (unpaired) electrons. The smallest absolute Gasteiger partial charge is 0.128 e. The van der Waals surface area contributed by atoms with E-state index >= 15 is 0 Å². The lowest BCUT2D eigenvalue weighted by Crippen LogP contribution is -2.47. The van der Waals surface area contributed by atoms with Crippen molar-refractivity contribution in [3.05, 3.63) is 54.2 Å². The summed E-state index contributed by atoms with van der Waals surface area (Å²) in [7, 11) is 1.65. The highest BCUT2D eigenvalue weighted by molar-refractivity contribution is 5.38. The molecule has 0 spiro atoms. The predicted molar refractivity (Wildman–Crippen MR) is 90.8 cm³/mol. The van der Waals surface area contributed by atoms with Crippen LogP contribution in [-0.2, 0) is 0 Å². The molecular formula is C18H23N3O2. The number of aliphatic hydroxyl groups is 1. The summed E-state index contributed by atoms with van der Waals surface area (Å²) >= 11 is 0. The van der Waals surface area contributed by atoms with Crippen LogP contribution in [0.4, 0.5) is 5.82 Å². The van der Waals surface area contributed by atoms with Gasteiger partial charge in [0.1, 0.15) is 11.6 Å². The van der Waals surface area contributed by atoms with Crippen LogP contribution in [0.1, 0.15) is 11.7 Å². The molecule has 5 nitrogen and oxygen atoms in total. The summed E-state index contributed by atoms with van der Waals surface area (Å²) in [6, 6.07) is 13.6. The van der Waals surface area contributed by atoms with Crippen molar-refractivity contribution in [3.8, 4) is 5.75 Å². The zero-order valence-corrected chi connectivity index (χ0v) is 13.4. The van der Waals surface area contributed by atoms with E-state index in [9.17, 15) is 5.11 Å². The van der Waals surface area contributed by atoms with Gasteiger partial charge in [0.15, 0.2) is 0 Å². The van der Waals surface area contributed by atoms with Crippen LogP contribution in [-0.4, -0.2) is 54.8 Å². The first-order chi connectivity index (χ1) is 11.3. The van der Waals surface area contributed by atoms with E-state index in [1.165, 1.54) is 0 Å². The highest BCUT2D eigenvalue weighted by Crippen LogP contribution is 2.20. The van der Waals surface area contributed by atoms with Gasteiger partial charge in [-0.1, -0.05) is 18.2 Å². The Morgan fingerprint density at radius 1 is 1.09 bits per heavy atom. The van der Waals surface area contributed by atoms with E-state index < -0.39 is 6.10 Å². The van der Waals surface area contributed by atoms with Crippen LogP contribution < -0.4 is 9.64 Å². The second kappa shape index (κ2) is 7.44. The Morgan fingerprint density at radius 3 is 2.43 bits per heavy atom. The average molecular weight is 313 g/mol. The predicted octanol–water partition coefficient (Wildman–Crippen LogP) is 1.95. The molecule has 122 valence electrons. The van der Waals surface area contributed by atoms with Gasteiger partial charge >= 0.3 is 0 Å². The molecule has 2 aromatic rings. The highest BCUT2D eigenvalue weighted by Gasteiger charge is 2.20. The van der Waals surface area contributed by atoms with Crippen LogP contribution in [0.15, 0.2) is 48.7 Å². The van der Waals surface area contributed by atoms with E-state index in [1.807, 2.05) is 48.7 Å². The number of nitrogens with zero attached hydrogens (tertiary/aromatic N) is 3. The molecule has 2 heterocycles. The zero-order chi connectivity index (χ0) is 16.1. The van der Waals surface area contributed by atoms with Gasteiger partial charge in [-0.2, -0.15) is 0 Å². The molecule has 1 aromatic heterocycles. The molecule has 0 amide bonds. The standard InChI is InChI=1S/C18H23N3O2/c1-23-16-7-5-15(6-8-16)17(22)14-20-10-12-21(13-11-20)18-4-2-3-9-19-18/h2-9,17,22H,10-14H2,1H3. The van der Waals surface area contributed by atoms with Crippen LogP contribution in [0, 0.1) is 0 Å². The number of anilines is 1. The first-order valence-corrected chi connectivity index (χ1v) is 7.96. The van der Waals surface area contributed by atoms with E-state index in [4.69, 9.17) is 4.74 Å². The van der Waals surface area contributed by atoms with Crippen molar-refractivity contribution < 1.29 is 9.84 Å². The summed E-state index contributed by atoms with van der Waals surface area (Å²) in [5.41, 5.74) is 0.929. The van der Waals surface area contributed by atoms with Crippen molar-refractivity contribution in [3.63, 3.8) is 0 Å². The fourth-order valence-electron chi connectivity index (χ4n) is 2.88. The molecule has 1 unspecified atom stereocenters. The van der Waals surface area contributed by atoms with Crippen LogP contribution >= 0.6 is 0 Å². The van der Waals surface area contributed by atoms with Gasteiger partial charge < -0.3 is 14.7 Å². The van der Waals surface area contributed by atoms with Crippen molar-refractivity contribution in [2.45, 2.75) is 6.10 Å². The Bertz CT molecular complexity index is 595. The Kier molecular flexibility index (Phi) is 5.10. The van der Waals surface area contributed by atoms with Crippen molar-refractivity contribution in [2.75, 3.05) is 44.7 Å². The molecule has 0 saturated carbocycles. The fourth-order valence-corrected chi connectivity index (χ4v) is 2.88. The lowest BCUT2D eigenvalue weighted by molar-refractivity contribution is 0.109. The molecule has 3 rings (SSSR count). The summed E-state index contributed by atoms with van der Waals surface area (Å²) in [5.74, 6) is 1.84. The van der Waals surface area contributed by atoms with E-state index in [0.717, 1.165) is 43.3 Å². The molecule has 1 atom stereocenters. The second-order valence-corrected chi connectivity index (χ2v) is 5.76. The van der Waals surface area contributed by atoms with Gasteiger partial charge in [0, 0.05) is 38.9 Å². The molecule has 0 aliphatic carbocycles. The molecule has 1 saturated heterocycles. The first kappa shape index (κ1) is 15.8. The number of β-amino-alcohol motifs (C(OH)–C–C–N with tert-alkyl or cyclic N) is 1. The summed E-state index contributed by atoms with van der Waals surface area (Å²) in [5, 5.41) is 10.4. The normalized spacial score (nSPS) is 17.0. The second-order valence-electron chi connectivity index (χ2n) is 5.76. The molecule has 5 heteroatoms. The average Bonchev–Trinajstić information content (AvgIpc) is 2.63. The number of hydrogen-bond acceptors (Lipinski definition) is 5. The van der Waals surface area contributed by atoms with Crippen LogP contribution in [0.3, 0.4) is 0 Å². The van der Waals surface area contributed by atoms with Crippen LogP contribution in [0.5, 0.6) is 5.75 Å². The number of aromatic nitrogens is 1. The summed E-state index contributed by atoms with van der Waals surface area (Å²) < 4.78 is 5.15. The highest BCUT2D eigenvalue weighted by atomic mass is 16.5. The van der Waals surface area contributed by atoms with E-state index in [0.29, 0.717) is 6.54 Å². The van der Waals surface area contributed by atoms with E-state index in [-0.39, 0.29) is 0 Å². The fraction of sp³-hybridized carbons (Fsp3) is 0.389. The lowest BCUT2D eigenvalue weighted by Gasteiger charge is -2.36. The van der Waals surface area contributed by atoms with Gasteiger partial charge in [0.2, 0.25) is 0 Å². The molecular weight excluding hydrogens is 290 g/mol. The summed E-state index contributed by atoms with van der Waals surface area (Å²) in [6.07, 6.45) is 1.36. The lowest BCUT2D eigenvalue weighted by atomic mass is 10.1. The van der Waals surface area contributed by atoms with Crippen LogP contribution in [0.2, 0.25) is 0 Å². The minimum Gasteiger partial charge on any atom is -0.497 e. The van der Waals surface area contributed by atoms with Gasteiger partial charge in [-0.15, -0.1) is 0 Å². The number of methoxy groups -OCH3 is 1. The Hall–Kier alpha value is -2.11. The maximum Gasteiger partial charge on any atom is 0.128 e. The Balaban J connectivity index is 1.51. The third-order valence-corrected chi connectivity index (χ3v) is 4.28. The maximum absolute atomic E-state index is 10.4. The number of rotatable bonds is 5. The molecule has 1 fully saturated rings. The number of ether oxygens (including phenoxy) is 1. The Labute approximate surface area is 137 Å². The monoisotopic (exact) mass is 313 g/mol. The van der Waals surface area contributed by atoms with Crippen LogP contribution in [0.25, 0.3) is 0 Å². The van der Waals surface area contributed by atoms with E-state index in [1.54, 1.807) is 7.11 Å². The molecule has 1 aromatic carbocycles. The molecule has 1 aliphatic heterocycles. The van der Waals surface area contributed by atoms with Gasteiger partial charge in [-0.25, -0.2) is 4.98 Å². The number of benzene rings is 1. The van der Waals surface area contributed by atoms with Crippen molar-refractivity contribution in [1.29, 1.82) is 0 Å². The van der Waals surface area contributed by atoms with Gasteiger partial charge in [-0.05, 0) is 29.8 Å². The maximum atomic E-state index is 10.4. The van der Waals surface area contributed by atoms with Gasteiger partial charge in [0.05, 0.1) is 13.2 Å². The minimum atomic E-state index is -0.470. The largest absolute Gasteiger partial charge is 0.497 e. The SMILES string of the molecule is COc1ccc(C(O)CN2CCN(c3ccccn3)CC2)cc1. The molecule has 1 aliphatic rings. The Morgan fingerprint density at radius 2 is 1.83 bits per heavy atom. The van der Waals surface area contributed by atoms with Crippen molar-refractivity contribution in [1.82, 2.24) is 9.88 Å². The molecule has 1 N–H and O–H groups in total. The van der Waals surface area contributed by atoms with Crippen molar-refractivity contribution >= 4 is 5.82 Å². The number of aliphatic hydroxyl groups excluding tert-OH is 1. The number of hydrogen-bond donors (Lipinski definition) is 1.